The molecule has 0 saturated heterocycles. The second-order valence-electron chi connectivity index (χ2n) is 7.25. The summed E-state index contributed by atoms with van der Waals surface area (Å²) in [6.45, 7) is 3.06. The molecule has 30 heavy (non-hydrogen) atoms. The van der Waals surface area contributed by atoms with Gasteiger partial charge in [-0.15, -0.1) is 0 Å². The van der Waals surface area contributed by atoms with Crippen LogP contribution in [0.1, 0.15) is 50.2 Å². The number of amides is 2. The van der Waals surface area contributed by atoms with Gasteiger partial charge < -0.3 is 10.2 Å². The third-order valence-electron chi connectivity index (χ3n) is 4.86. The van der Waals surface area contributed by atoms with Gasteiger partial charge in [0, 0.05) is 18.1 Å². The minimum absolute atomic E-state index is 0.0304. The number of alkyl halides is 3. The highest BCUT2D eigenvalue weighted by Gasteiger charge is 2.34. The van der Waals surface area contributed by atoms with E-state index in [9.17, 15) is 18.0 Å². The summed E-state index contributed by atoms with van der Waals surface area (Å²) in [4.78, 5) is 14.4. The maximum absolute atomic E-state index is 13.3. The molecule has 0 aliphatic carbocycles. The number of halogens is 4. The minimum Gasteiger partial charge on any atom is -0.324 e. The number of urea groups is 1. The highest BCUT2D eigenvalue weighted by molar-refractivity contribution is 6.30. The van der Waals surface area contributed by atoms with Gasteiger partial charge in [0.05, 0.1) is 11.3 Å². The molecule has 0 aliphatic heterocycles. The first kappa shape index (κ1) is 24.1. The Balaban J connectivity index is 2.09. The Morgan fingerprint density at radius 3 is 2.37 bits per heavy atom. The Morgan fingerprint density at radius 2 is 1.70 bits per heavy atom. The van der Waals surface area contributed by atoms with Crippen molar-refractivity contribution < 1.29 is 18.0 Å². The molecule has 0 radical (unpaired) electrons. The Bertz CT molecular complexity index is 797. The minimum atomic E-state index is -4.61. The molecule has 7 heteroatoms. The lowest BCUT2D eigenvalue weighted by atomic mass is 10.1. The van der Waals surface area contributed by atoms with E-state index in [1.807, 2.05) is 30.3 Å². The van der Waals surface area contributed by atoms with Gasteiger partial charge in [-0.1, -0.05) is 74.5 Å². The number of benzene rings is 2. The molecular weight excluding hydrogens is 413 g/mol. The number of hydrogen-bond donors (Lipinski definition) is 1. The molecule has 2 rings (SSSR count). The van der Waals surface area contributed by atoms with Gasteiger partial charge in [-0.3, -0.25) is 0 Å². The monoisotopic (exact) mass is 440 g/mol. The van der Waals surface area contributed by atoms with Gasteiger partial charge in [0.15, 0.2) is 0 Å². The molecule has 0 bridgehead atoms. The number of hydrogen-bond acceptors (Lipinski definition) is 1. The number of carbonyl (C=O) groups is 1. The first-order chi connectivity index (χ1) is 14.3. The van der Waals surface area contributed by atoms with Crippen LogP contribution < -0.4 is 5.32 Å². The van der Waals surface area contributed by atoms with Crippen LogP contribution in [0.15, 0.2) is 48.5 Å². The zero-order chi connectivity index (χ0) is 22.0. The number of rotatable bonds is 10. The van der Waals surface area contributed by atoms with E-state index < -0.39 is 17.8 Å². The summed E-state index contributed by atoms with van der Waals surface area (Å²) in [5, 5.41) is 2.41. The average molecular weight is 441 g/mol. The van der Waals surface area contributed by atoms with Crippen LogP contribution in [0.4, 0.5) is 23.7 Å². The number of carbonyl (C=O) groups excluding carboxylic acids is 1. The van der Waals surface area contributed by atoms with Crippen LogP contribution in [0.2, 0.25) is 5.02 Å². The molecule has 0 heterocycles. The normalized spacial score (nSPS) is 11.4. The molecule has 164 valence electrons. The fourth-order valence-corrected chi connectivity index (χ4v) is 3.36. The first-order valence-electron chi connectivity index (χ1n) is 10.3. The van der Waals surface area contributed by atoms with E-state index in [1.54, 1.807) is 4.90 Å². The van der Waals surface area contributed by atoms with Gasteiger partial charge >= 0.3 is 12.2 Å². The molecule has 0 saturated carbocycles. The molecule has 0 fully saturated rings. The quantitative estimate of drug-likeness (QED) is 0.383. The van der Waals surface area contributed by atoms with Gasteiger partial charge in [-0.2, -0.15) is 13.2 Å². The van der Waals surface area contributed by atoms with Crippen LogP contribution in [0.25, 0.3) is 0 Å². The van der Waals surface area contributed by atoms with E-state index in [-0.39, 0.29) is 10.7 Å². The van der Waals surface area contributed by atoms with E-state index in [1.165, 1.54) is 12.1 Å². The SMILES string of the molecule is CCCCCCCN(CCc1ccccc1)C(=O)Nc1ccc(Cl)cc1C(F)(F)F. The lowest BCUT2D eigenvalue weighted by Crippen LogP contribution is -2.37. The predicted molar refractivity (Wildman–Crippen MR) is 116 cm³/mol. The second-order valence-corrected chi connectivity index (χ2v) is 7.69. The van der Waals surface area contributed by atoms with Crippen molar-refractivity contribution in [2.75, 3.05) is 18.4 Å². The van der Waals surface area contributed by atoms with E-state index in [2.05, 4.69) is 12.2 Å². The summed E-state index contributed by atoms with van der Waals surface area (Å²) in [5.74, 6) is 0. The van der Waals surface area contributed by atoms with Crippen molar-refractivity contribution in [3.63, 3.8) is 0 Å². The smallest absolute Gasteiger partial charge is 0.324 e. The van der Waals surface area contributed by atoms with Crippen LogP contribution in [-0.2, 0) is 12.6 Å². The first-order valence-corrected chi connectivity index (χ1v) is 10.7. The number of anilines is 1. The molecule has 1 N–H and O–H groups in total. The molecular formula is C23H28ClF3N2O. The molecule has 2 aromatic carbocycles. The van der Waals surface area contributed by atoms with E-state index in [4.69, 9.17) is 11.6 Å². The van der Waals surface area contributed by atoms with Gasteiger partial charge in [0.2, 0.25) is 0 Å². The second kappa shape index (κ2) is 11.8. The van der Waals surface area contributed by atoms with Crippen molar-refractivity contribution in [3.8, 4) is 0 Å². The van der Waals surface area contributed by atoms with Crippen molar-refractivity contribution in [1.29, 1.82) is 0 Å². The van der Waals surface area contributed by atoms with Crippen LogP contribution in [0, 0.1) is 0 Å². The van der Waals surface area contributed by atoms with Crippen LogP contribution in [0.5, 0.6) is 0 Å². The molecule has 0 atom stereocenters. The van der Waals surface area contributed by atoms with E-state index in [0.29, 0.717) is 19.5 Å². The van der Waals surface area contributed by atoms with Crippen LogP contribution in [-0.4, -0.2) is 24.0 Å². The van der Waals surface area contributed by atoms with Crippen LogP contribution in [0.3, 0.4) is 0 Å². The van der Waals surface area contributed by atoms with Crippen molar-refractivity contribution in [2.45, 2.75) is 51.6 Å². The fourth-order valence-electron chi connectivity index (χ4n) is 3.18. The maximum atomic E-state index is 13.3. The third-order valence-corrected chi connectivity index (χ3v) is 5.10. The molecule has 2 aromatic rings. The Hall–Kier alpha value is -2.21. The summed E-state index contributed by atoms with van der Waals surface area (Å²) >= 11 is 5.73. The summed E-state index contributed by atoms with van der Waals surface area (Å²) in [6.07, 6.45) is 1.16. The number of nitrogens with one attached hydrogen (secondary N) is 1. The van der Waals surface area contributed by atoms with Crippen molar-refractivity contribution in [3.05, 3.63) is 64.7 Å². The molecule has 0 aromatic heterocycles. The summed E-state index contributed by atoms with van der Waals surface area (Å²) in [5.41, 5.74) is -0.161. The lowest BCUT2D eigenvalue weighted by molar-refractivity contribution is -0.136. The largest absolute Gasteiger partial charge is 0.418 e. The van der Waals surface area contributed by atoms with Crippen molar-refractivity contribution >= 4 is 23.3 Å². The Morgan fingerprint density at radius 1 is 1.00 bits per heavy atom. The highest BCUT2D eigenvalue weighted by Crippen LogP contribution is 2.36. The average Bonchev–Trinajstić information content (AvgIpc) is 2.71. The van der Waals surface area contributed by atoms with Gasteiger partial charge in [-0.25, -0.2) is 4.79 Å². The topological polar surface area (TPSA) is 32.3 Å². The fraction of sp³-hybridized carbons (Fsp3) is 0.435. The Kier molecular flexibility index (Phi) is 9.50. The summed E-state index contributed by atoms with van der Waals surface area (Å²) in [6, 6.07) is 12.5. The zero-order valence-corrected chi connectivity index (χ0v) is 17.9. The predicted octanol–water partition coefficient (Wildman–Crippen LogP) is 7.41. The molecule has 0 aliphatic rings. The maximum Gasteiger partial charge on any atom is 0.418 e. The van der Waals surface area contributed by atoms with Crippen LogP contribution >= 0.6 is 11.6 Å². The third kappa shape index (κ3) is 7.90. The molecule has 0 unspecified atom stereocenters. The molecule has 3 nitrogen and oxygen atoms in total. The lowest BCUT2D eigenvalue weighted by Gasteiger charge is -2.24. The van der Waals surface area contributed by atoms with Crippen molar-refractivity contribution in [1.82, 2.24) is 4.90 Å². The summed E-state index contributed by atoms with van der Waals surface area (Å²) < 4.78 is 40.0. The summed E-state index contributed by atoms with van der Waals surface area (Å²) in [7, 11) is 0. The van der Waals surface area contributed by atoms with Gasteiger partial charge in [-0.05, 0) is 36.6 Å². The van der Waals surface area contributed by atoms with Gasteiger partial charge in [0.1, 0.15) is 0 Å². The standard InChI is InChI=1S/C23H28ClF3N2O/c1-2-3-4-5-9-15-29(16-14-18-10-7-6-8-11-18)22(30)28-21-13-12-19(24)17-20(21)23(25,26)27/h6-8,10-13,17H,2-5,9,14-16H2,1H3,(H,28,30). The van der Waals surface area contributed by atoms with E-state index in [0.717, 1.165) is 43.7 Å². The van der Waals surface area contributed by atoms with E-state index >= 15 is 0 Å². The zero-order valence-electron chi connectivity index (χ0n) is 17.1. The molecule has 2 amide bonds. The Labute approximate surface area is 181 Å². The highest BCUT2D eigenvalue weighted by atomic mass is 35.5. The molecule has 0 spiro atoms. The van der Waals surface area contributed by atoms with Gasteiger partial charge in [0.25, 0.3) is 0 Å². The van der Waals surface area contributed by atoms with Crippen molar-refractivity contribution in [2.24, 2.45) is 0 Å². The number of unbranched alkanes of at least 4 members (excludes halogenated alkanes) is 4. The number of nitrogens with zero attached hydrogens (tertiary/aromatic N) is 1.